The van der Waals surface area contributed by atoms with E-state index in [-0.39, 0.29) is 6.10 Å². The fraction of sp³-hybridized carbons (Fsp3) is 1.00. The molecule has 1 saturated heterocycles. The summed E-state index contributed by atoms with van der Waals surface area (Å²) in [5.41, 5.74) is 0. The van der Waals surface area contributed by atoms with Crippen LogP contribution in [0.3, 0.4) is 0 Å². The van der Waals surface area contributed by atoms with Crippen molar-refractivity contribution in [3.63, 3.8) is 0 Å². The summed E-state index contributed by atoms with van der Waals surface area (Å²) < 4.78 is 0. The van der Waals surface area contributed by atoms with E-state index >= 15 is 0 Å². The molecule has 1 unspecified atom stereocenters. The van der Waals surface area contributed by atoms with E-state index in [1.54, 1.807) is 0 Å². The summed E-state index contributed by atoms with van der Waals surface area (Å²) in [4.78, 5) is 4.84. The van der Waals surface area contributed by atoms with E-state index in [4.69, 9.17) is 0 Å². The van der Waals surface area contributed by atoms with Gasteiger partial charge in [0.15, 0.2) is 0 Å². The molecule has 90 valence electrons. The molecule has 15 heavy (non-hydrogen) atoms. The molecular weight excluding hydrogens is 190 g/mol. The number of hydrogen-bond acceptors (Lipinski definition) is 4. The molecule has 0 radical (unpaired) electrons. The molecule has 1 heterocycles. The van der Waals surface area contributed by atoms with Gasteiger partial charge in [-0.3, -0.25) is 9.80 Å². The summed E-state index contributed by atoms with van der Waals surface area (Å²) in [6.07, 6.45) is -0.236. The Morgan fingerprint density at radius 3 is 2.27 bits per heavy atom. The predicted molar refractivity (Wildman–Crippen MR) is 63.1 cm³/mol. The average molecular weight is 215 g/mol. The van der Waals surface area contributed by atoms with E-state index in [2.05, 4.69) is 29.0 Å². The van der Waals surface area contributed by atoms with Gasteiger partial charge in [0.05, 0.1) is 6.10 Å². The monoisotopic (exact) mass is 215 g/mol. The van der Waals surface area contributed by atoms with Crippen LogP contribution >= 0.6 is 0 Å². The molecule has 0 spiro atoms. The largest absolute Gasteiger partial charge is 0.390 e. The average Bonchev–Trinajstić information content (AvgIpc) is 2.18. The Morgan fingerprint density at radius 1 is 1.20 bits per heavy atom. The van der Waals surface area contributed by atoms with Crippen LogP contribution in [0.25, 0.3) is 0 Å². The number of aliphatic hydroxyl groups excluding tert-OH is 1. The molecule has 0 aromatic rings. The maximum atomic E-state index is 9.66. The van der Waals surface area contributed by atoms with Gasteiger partial charge in [-0.2, -0.15) is 0 Å². The molecule has 2 N–H and O–H groups in total. The quantitative estimate of drug-likeness (QED) is 0.654. The van der Waals surface area contributed by atoms with Gasteiger partial charge in [-0.25, -0.2) is 0 Å². The lowest BCUT2D eigenvalue weighted by Gasteiger charge is -2.37. The summed E-state index contributed by atoms with van der Waals surface area (Å²) in [6, 6.07) is 0.648. The fourth-order valence-corrected chi connectivity index (χ4v) is 2.06. The van der Waals surface area contributed by atoms with Crippen LogP contribution < -0.4 is 5.32 Å². The summed E-state index contributed by atoms with van der Waals surface area (Å²) in [5.74, 6) is 0. The van der Waals surface area contributed by atoms with Gasteiger partial charge >= 0.3 is 0 Å². The van der Waals surface area contributed by atoms with E-state index < -0.39 is 0 Å². The first-order chi connectivity index (χ1) is 7.13. The number of hydrogen-bond donors (Lipinski definition) is 2. The molecule has 1 atom stereocenters. The summed E-state index contributed by atoms with van der Waals surface area (Å²) >= 11 is 0. The molecule has 0 amide bonds. The van der Waals surface area contributed by atoms with E-state index in [1.165, 1.54) is 0 Å². The van der Waals surface area contributed by atoms with Crippen LogP contribution in [-0.4, -0.2) is 73.4 Å². The second kappa shape index (κ2) is 6.43. The summed E-state index contributed by atoms with van der Waals surface area (Å²) in [6.45, 7) is 10.4. The van der Waals surface area contributed by atoms with Crippen molar-refractivity contribution in [3.05, 3.63) is 0 Å². The van der Waals surface area contributed by atoms with Gasteiger partial charge in [-0.05, 0) is 20.9 Å². The molecule has 4 heteroatoms. The summed E-state index contributed by atoms with van der Waals surface area (Å²) in [7, 11) is 1.87. The van der Waals surface area contributed by atoms with Crippen molar-refractivity contribution in [2.75, 3.05) is 46.3 Å². The second-order valence-electron chi connectivity index (χ2n) is 4.64. The molecular formula is C11H25N3O. The fourth-order valence-electron chi connectivity index (χ4n) is 2.06. The Kier molecular flexibility index (Phi) is 5.53. The molecule has 0 aliphatic carbocycles. The highest BCUT2D eigenvalue weighted by atomic mass is 16.3. The lowest BCUT2D eigenvalue weighted by Crippen LogP contribution is -2.51. The Labute approximate surface area is 93.2 Å². The SMILES string of the molecule is CNCC(O)CN1CCN(C(C)C)CC1. The van der Waals surface area contributed by atoms with Gasteiger partial charge in [0, 0.05) is 45.3 Å². The zero-order chi connectivity index (χ0) is 11.3. The van der Waals surface area contributed by atoms with Gasteiger partial charge in [-0.1, -0.05) is 0 Å². The maximum Gasteiger partial charge on any atom is 0.0791 e. The van der Waals surface area contributed by atoms with Crippen LogP contribution in [0.2, 0.25) is 0 Å². The van der Waals surface area contributed by atoms with Gasteiger partial charge < -0.3 is 10.4 Å². The molecule has 0 aromatic carbocycles. The molecule has 1 aliphatic rings. The molecule has 4 nitrogen and oxygen atoms in total. The molecule has 1 aliphatic heterocycles. The van der Waals surface area contributed by atoms with E-state index in [1.807, 2.05) is 7.05 Å². The molecule has 0 aromatic heterocycles. The zero-order valence-corrected chi connectivity index (χ0v) is 10.2. The first-order valence-corrected chi connectivity index (χ1v) is 5.92. The summed E-state index contributed by atoms with van der Waals surface area (Å²) in [5, 5.41) is 12.7. The standard InChI is InChI=1S/C11H25N3O/c1-10(2)14-6-4-13(5-7-14)9-11(15)8-12-3/h10-12,15H,4-9H2,1-3H3. The number of nitrogens with one attached hydrogen (secondary N) is 1. The van der Waals surface area contributed by atoms with Crippen LogP contribution in [0, 0.1) is 0 Å². The van der Waals surface area contributed by atoms with Crippen molar-refractivity contribution >= 4 is 0 Å². The van der Waals surface area contributed by atoms with Crippen molar-refractivity contribution < 1.29 is 5.11 Å². The molecule has 1 rings (SSSR count). The minimum absolute atomic E-state index is 0.236. The smallest absolute Gasteiger partial charge is 0.0791 e. The number of likely N-dealkylation sites (N-methyl/N-ethyl adjacent to an activating group) is 1. The molecule has 0 bridgehead atoms. The lowest BCUT2D eigenvalue weighted by molar-refractivity contribution is 0.0630. The topological polar surface area (TPSA) is 38.7 Å². The number of nitrogens with zero attached hydrogens (tertiary/aromatic N) is 2. The van der Waals surface area contributed by atoms with Gasteiger partial charge in [-0.15, -0.1) is 0 Å². The van der Waals surface area contributed by atoms with Crippen molar-refractivity contribution in [1.29, 1.82) is 0 Å². The first kappa shape index (κ1) is 12.9. The molecule has 1 fully saturated rings. The number of piperazine rings is 1. The van der Waals surface area contributed by atoms with E-state index in [0.717, 1.165) is 32.7 Å². The van der Waals surface area contributed by atoms with Gasteiger partial charge in [0.25, 0.3) is 0 Å². The number of rotatable bonds is 5. The second-order valence-corrected chi connectivity index (χ2v) is 4.64. The third-order valence-corrected chi connectivity index (χ3v) is 3.05. The predicted octanol–water partition coefficient (Wildman–Crippen LogP) is -0.407. The normalized spacial score (nSPS) is 22.2. The van der Waals surface area contributed by atoms with Crippen LogP contribution in [0.4, 0.5) is 0 Å². The minimum Gasteiger partial charge on any atom is -0.390 e. The molecule has 0 saturated carbocycles. The maximum absolute atomic E-state index is 9.66. The van der Waals surface area contributed by atoms with Gasteiger partial charge in [0.1, 0.15) is 0 Å². The highest BCUT2D eigenvalue weighted by Crippen LogP contribution is 2.05. The van der Waals surface area contributed by atoms with E-state index in [0.29, 0.717) is 12.6 Å². The number of β-amino-alcohol motifs (C(OH)–C–C–N with tert-alkyl or cyclic N) is 1. The third-order valence-electron chi connectivity index (χ3n) is 3.05. The highest BCUT2D eigenvalue weighted by molar-refractivity contribution is 4.76. The van der Waals surface area contributed by atoms with E-state index in [9.17, 15) is 5.11 Å². The Hall–Kier alpha value is -0.160. The highest BCUT2D eigenvalue weighted by Gasteiger charge is 2.20. The van der Waals surface area contributed by atoms with Crippen LogP contribution in [0.1, 0.15) is 13.8 Å². The van der Waals surface area contributed by atoms with Crippen molar-refractivity contribution in [2.24, 2.45) is 0 Å². The zero-order valence-electron chi connectivity index (χ0n) is 10.2. The Morgan fingerprint density at radius 2 is 1.80 bits per heavy atom. The lowest BCUT2D eigenvalue weighted by atomic mass is 10.2. The van der Waals surface area contributed by atoms with Crippen LogP contribution in [0.15, 0.2) is 0 Å². The van der Waals surface area contributed by atoms with Crippen molar-refractivity contribution in [2.45, 2.75) is 26.0 Å². The number of aliphatic hydroxyl groups is 1. The Balaban J connectivity index is 2.19. The van der Waals surface area contributed by atoms with Crippen molar-refractivity contribution in [1.82, 2.24) is 15.1 Å². The van der Waals surface area contributed by atoms with Crippen LogP contribution in [0.5, 0.6) is 0 Å². The van der Waals surface area contributed by atoms with Gasteiger partial charge in [0.2, 0.25) is 0 Å². The van der Waals surface area contributed by atoms with Crippen LogP contribution in [-0.2, 0) is 0 Å². The third kappa shape index (κ3) is 4.47. The Bertz CT molecular complexity index is 167. The minimum atomic E-state index is -0.236. The first-order valence-electron chi connectivity index (χ1n) is 5.92. The van der Waals surface area contributed by atoms with Crippen molar-refractivity contribution in [3.8, 4) is 0 Å².